The molecule has 1 aliphatic rings. The summed E-state index contributed by atoms with van der Waals surface area (Å²) < 4.78 is 0. The summed E-state index contributed by atoms with van der Waals surface area (Å²) >= 11 is 1.82. The summed E-state index contributed by atoms with van der Waals surface area (Å²) in [7, 11) is 0. The molecule has 0 atom stereocenters. The van der Waals surface area contributed by atoms with Crippen molar-refractivity contribution in [2.75, 3.05) is 32.7 Å². The number of H-pyrrole nitrogens is 1. The summed E-state index contributed by atoms with van der Waals surface area (Å²) in [6, 6.07) is 12.4. The van der Waals surface area contributed by atoms with Gasteiger partial charge in [-0.15, -0.1) is 11.3 Å². The van der Waals surface area contributed by atoms with Gasteiger partial charge in [0.1, 0.15) is 0 Å². The van der Waals surface area contributed by atoms with Crippen LogP contribution in [0.4, 0.5) is 0 Å². The van der Waals surface area contributed by atoms with E-state index in [4.69, 9.17) is 0 Å². The topological polar surface area (TPSA) is 39.3 Å². The minimum absolute atomic E-state index is 0.224. The van der Waals surface area contributed by atoms with E-state index in [2.05, 4.69) is 32.3 Å². The Morgan fingerprint density at radius 1 is 1.08 bits per heavy atom. The zero-order valence-electron chi connectivity index (χ0n) is 14.5. The lowest BCUT2D eigenvalue weighted by molar-refractivity contribution is 0.0846. The van der Waals surface area contributed by atoms with E-state index >= 15 is 0 Å². The predicted octanol–water partition coefficient (Wildman–Crippen LogP) is 3.54. The molecule has 1 N–H and O–H groups in total. The van der Waals surface area contributed by atoms with Crippen LogP contribution in [0.5, 0.6) is 0 Å². The summed E-state index contributed by atoms with van der Waals surface area (Å²) in [4.78, 5) is 22.4. The summed E-state index contributed by atoms with van der Waals surface area (Å²) in [6.07, 6.45) is 0. The molecule has 5 heteroatoms. The summed E-state index contributed by atoms with van der Waals surface area (Å²) in [5, 5.41) is 3.18. The molecule has 2 aromatic heterocycles. The molecule has 1 aromatic carbocycles. The fraction of sp³-hybridized carbons (Fsp3) is 0.350. The number of aromatic nitrogens is 1. The number of carbonyl (C=O) groups is 1. The van der Waals surface area contributed by atoms with Gasteiger partial charge in [-0.3, -0.25) is 14.6 Å². The van der Waals surface area contributed by atoms with Crippen LogP contribution in [0.3, 0.4) is 0 Å². The number of ketones is 1. The normalized spacial score (nSPS) is 16.5. The average molecular weight is 353 g/mol. The molecule has 0 bridgehead atoms. The molecule has 0 unspecified atom stereocenters. The molecule has 1 aliphatic heterocycles. The molecule has 0 spiro atoms. The zero-order chi connectivity index (χ0) is 17.2. The molecule has 0 radical (unpaired) electrons. The van der Waals surface area contributed by atoms with Crippen LogP contribution in [-0.4, -0.2) is 53.3 Å². The first-order chi connectivity index (χ1) is 12.2. The molecule has 1 fully saturated rings. The van der Waals surface area contributed by atoms with E-state index in [0.29, 0.717) is 6.54 Å². The lowest BCUT2D eigenvalue weighted by atomic mass is 10.1. The van der Waals surface area contributed by atoms with Gasteiger partial charge in [0, 0.05) is 59.8 Å². The number of nitrogens with zero attached hydrogens (tertiary/aromatic N) is 2. The highest BCUT2D eigenvalue weighted by atomic mass is 32.1. The van der Waals surface area contributed by atoms with Gasteiger partial charge in [-0.25, -0.2) is 0 Å². The highest BCUT2D eigenvalue weighted by molar-refractivity contribution is 7.09. The van der Waals surface area contributed by atoms with E-state index < -0.39 is 0 Å². The van der Waals surface area contributed by atoms with Gasteiger partial charge in [-0.2, -0.15) is 0 Å². The van der Waals surface area contributed by atoms with E-state index in [-0.39, 0.29) is 5.78 Å². The van der Waals surface area contributed by atoms with Crippen LogP contribution < -0.4 is 0 Å². The summed E-state index contributed by atoms with van der Waals surface area (Å²) in [5.74, 6) is 0.224. The molecule has 3 aromatic rings. The number of aromatic amines is 1. The van der Waals surface area contributed by atoms with Crippen molar-refractivity contribution in [3.8, 4) is 0 Å². The van der Waals surface area contributed by atoms with E-state index in [1.54, 1.807) is 0 Å². The first-order valence-corrected chi connectivity index (χ1v) is 9.66. The maximum Gasteiger partial charge on any atom is 0.179 e. The van der Waals surface area contributed by atoms with Crippen molar-refractivity contribution >= 4 is 28.0 Å². The van der Waals surface area contributed by atoms with Gasteiger partial charge < -0.3 is 4.98 Å². The van der Waals surface area contributed by atoms with Gasteiger partial charge in [0.15, 0.2) is 5.78 Å². The molecule has 0 amide bonds. The van der Waals surface area contributed by atoms with E-state index in [1.165, 1.54) is 4.88 Å². The number of hydrogen-bond donors (Lipinski definition) is 1. The van der Waals surface area contributed by atoms with Crippen molar-refractivity contribution in [3.05, 3.63) is 57.9 Å². The average Bonchev–Trinajstić information content (AvgIpc) is 3.23. The molecule has 130 valence electrons. The zero-order valence-corrected chi connectivity index (χ0v) is 15.3. The first-order valence-electron chi connectivity index (χ1n) is 8.78. The van der Waals surface area contributed by atoms with Crippen LogP contribution in [0.2, 0.25) is 0 Å². The van der Waals surface area contributed by atoms with Crippen molar-refractivity contribution in [1.29, 1.82) is 0 Å². The Balaban J connectivity index is 1.38. The Morgan fingerprint density at radius 3 is 2.60 bits per heavy atom. The Morgan fingerprint density at radius 2 is 1.84 bits per heavy atom. The number of Topliss-reactive ketones (excluding diaryl/α,β-unsaturated/α-hetero) is 1. The number of nitrogens with one attached hydrogen (secondary N) is 1. The fourth-order valence-corrected chi connectivity index (χ4v) is 4.39. The van der Waals surface area contributed by atoms with Crippen molar-refractivity contribution in [2.24, 2.45) is 0 Å². The van der Waals surface area contributed by atoms with Gasteiger partial charge in [0.05, 0.1) is 6.54 Å². The number of aryl methyl sites for hydroxylation is 1. The quantitative estimate of drug-likeness (QED) is 0.713. The minimum atomic E-state index is 0.224. The second-order valence-corrected chi connectivity index (χ2v) is 7.76. The van der Waals surface area contributed by atoms with E-state index in [9.17, 15) is 4.79 Å². The van der Waals surface area contributed by atoms with Crippen LogP contribution in [0.15, 0.2) is 41.8 Å². The highest BCUT2D eigenvalue weighted by Crippen LogP contribution is 2.23. The monoisotopic (exact) mass is 353 g/mol. The fourth-order valence-electron chi connectivity index (χ4n) is 3.65. The number of thiophene rings is 1. The maximum absolute atomic E-state index is 12.9. The predicted molar refractivity (Wildman–Crippen MR) is 103 cm³/mol. The largest absolute Gasteiger partial charge is 0.358 e. The van der Waals surface area contributed by atoms with Gasteiger partial charge in [-0.1, -0.05) is 24.3 Å². The minimum Gasteiger partial charge on any atom is -0.358 e. The summed E-state index contributed by atoms with van der Waals surface area (Å²) in [5.41, 5.74) is 2.88. The van der Waals surface area contributed by atoms with E-state index in [0.717, 1.165) is 54.9 Å². The number of fused-ring (bicyclic) bond motifs is 1. The number of piperazine rings is 1. The summed E-state index contributed by atoms with van der Waals surface area (Å²) in [6.45, 7) is 7.50. The van der Waals surface area contributed by atoms with Crippen molar-refractivity contribution < 1.29 is 4.79 Å². The van der Waals surface area contributed by atoms with Gasteiger partial charge in [0.2, 0.25) is 0 Å². The number of carbonyl (C=O) groups excluding carboxylic acids is 1. The third kappa shape index (κ3) is 3.54. The maximum atomic E-state index is 12.9. The van der Waals surface area contributed by atoms with E-state index in [1.807, 2.05) is 42.5 Å². The van der Waals surface area contributed by atoms with Crippen LogP contribution in [0.25, 0.3) is 10.9 Å². The SMILES string of the molecule is Cc1[nH]c2ccccc2c1C(=O)CN1CCN(Cc2cccs2)CC1. The van der Waals surface area contributed by atoms with Gasteiger partial charge in [-0.05, 0) is 24.4 Å². The number of para-hydroxylation sites is 1. The smallest absolute Gasteiger partial charge is 0.179 e. The first kappa shape index (κ1) is 16.5. The third-order valence-corrected chi connectivity index (χ3v) is 5.83. The molecule has 4 rings (SSSR count). The number of rotatable bonds is 5. The molecule has 1 saturated heterocycles. The van der Waals surface area contributed by atoms with Crippen LogP contribution >= 0.6 is 11.3 Å². The van der Waals surface area contributed by atoms with Gasteiger partial charge in [0.25, 0.3) is 0 Å². The van der Waals surface area contributed by atoms with Gasteiger partial charge >= 0.3 is 0 Å². The molecule has 3 heterocycles. The molecule has 25 heavy (non-hydrogen) atoms. The van der Waals surface area contributed by atoms with Crippen LogP contribution in [0.1, 0.15) is 20.9 Å². The highest BCUT2D eigenvalue weighted by Gasteiger charge is 2.22. The Hall–Kier alpha value is -1.95. The van der Waals surface area contributed by atoms with Crippen LogP contribution in [-0.2, 0) is 6.54 Å². The molecular formula is C20H23N3OS. The standard InChI is InChI=1S/C20H23N3OS/c1-15-20(17-6-2-3-7-18(17)21-15)19(24)14-23-10-8-22(9-11-23)13-16-5-4-12-25-16/h2-7,12,21H,8-11,13-14H2,1H3. The van der Waals surface area contributed by atoms with Crippen LogP contribution in [0, 0.1) is 6.92 Å². The lowest BCUT2D eigenvalue weighted by Gasteiger charge is -2.34. The van der Waals surface area contributed by atoms with Crippen molar-refractivity contribution in [3.63, 3.8) is 0 Å². The van der Waals surface area contributed by atoms with Crippen molar-refractivity contribution in [1.82, 2.24) is 14.8 Å². The number of hydrogen-bond acceptors (Lipinski definition) is 4. The third-order valence-electron chi connectivity index (χ3n) is 4.96. The lowest BCUT2D eigenvalue weighted by Crippen LogP contribution is -2.47. The molecule has 0 aliphatic carbocycles. The molecule has 4 nitrogen and oxygen atoms in total. The Kier molecular flexibility index (Phi) is 4.70. The number of benzene rings is 1. The molecular weight excluding hydrogens is 330 g/mol. The van der Waals surface area contributed by atoms with Crippen molar-refractivity contribution in [2.45, 2.75) is 13.5 Å². The second kappa shape index (κ2) is 7.12. The Labute approximate surface area is 152 Å². The Bertz CT molecular complexity index is 860. The second-order valence-electron chi connectivity index (χ2n) is 6.73. The molecule has 0 saturated carbocycles.